The van der Waals surface area contributed by atoms with Crippen molar-refractivity contribution in [1.82, 2.24) is 5.32 Å². The number of fused-ring (bicyclic) bond motifs is 1. The van der Waals surface area contributed by atoms with Crippen LogP contribution in [0.25, 0.3) is 0 Å². The minimum Gasteiger partial charge on any atom is -0.372 e. The van der Waals surface area contributed by atoms with Gasteiger partial charge in [0.2, 0.25) is 0 Å². The van der Waals surface area contributed by atoms with Gasteiger partial charge in [-0.05, 0) is 35.8 Å². The Balaban J connectivity index is 1.56. The van der Waals surface area contributed by atoms with E-state index < -0.39 is 0 Å². The number of benzene rings is 1. The molecule has 0 amide bonds. The summed E-state index contributed by atoms with van der Waals surface area (Å²) >= 11 is 0. The molecule has 19 heavy (non-hydrogen) atoms. The van der Waals surface area contributed by atoms with E-state index >= 15 is 0 Å². The van der Waals surface area contributed by atoms with Crippen LogP contribution in [0.5, 0.6) is 0 Å². The second-order valence-corrected chi connectivity index (χ2v) is 6.46. The molecule has 1 aromatic carbocycles. The molecule has 0 saturated heterocycles. The fourth-order valence-electron chi connectivity index (χ4n) is 3.56. The van der Waals surface area contributed by atoms with Gasteiger partial charge in [-0.3, -0.25) is 0 Å². The number of hydrogen-bond donors (Lipinski definition) is 1. The predicted octanol–water partition coefficient (Wildman–Crippen LogP) is 3.47. The first kappa shape index (κ1) is 13.1. The zero-order chi connectivity index (χ0) is 13.1. The molecule has 2 heteroatoms. The molecular formula is C17H25NO. The molecule has 0 spiro atoms. The van der Waals surface area contributed by atoms with Crippen LogP contribution in [-0.2, 0) is 11.2 Å². The fourth-order valence-corrected chi connectivity index (χ4v) is 3.56. The lowest BCUT2D eigenvalue weighted by Gasteiger charge is -2.29. The molecular weight excluding hydrogens is 234 g/mol. The number of nitrogens with one attached hydrogen (secondary N) is 1. The van der Waals surface area contributed by atoms with Crippen LogP contribution in [-0.4, -0.2) is 19.7 Å². The van der Waals surface area contributed by atoms with Crippen molar-refractivity contribution < 1.29 is 4.74 Å². The first-order valence-electron chi connectivity index (χ1n) is 7.67. The summed E-state index contributed by atoms with van der Waals surface area (Å²) in [4.78, 5) is 0. The van der Waals surface area contributed by atoms with Crippen LogP contribution in [0, 0.1) is 5.41 Å². The van der Waals surface area contributed by atoms with E-state index in [9.17, 15) is 0 Å². The fraction of sp³-hybridized carbons (Fsp3) is 0.647. The van der Waals surface area contributed by atoms with Gasteiger partial charge in [0.05, 0.1) is 12.7 Å². The topological polar surface area (TPSA) is 21.3 Å². The summed E-state index contributed by atoms with van der Waals surface area (Å²) in [7, 11) is 0. The zero-order valence-electron chi connectivity index (χ0n) is 12.0. The number of hydrogen-bond acceptors (Lipinski definition) is 2. The first-order chi connectivity index (χ1) is 9.27. The molecule has 1 atom stereocenters. The molecule has 3 rings (SSSR count). The molecule has 1 aliphatic heterocycles. The van der Waals surface area contributed by atoms with Crippen LogP contribution in [0.2, 0.25) is 0 Å². The van der Waals surface area contributed by atoms with Crippen LogP contribution in [0.1, 0.15) is 49.8 Å². The molecule has 1 N–H and O–H groups in total. The van der Waals surface area contributed by atoms with Crippen molar-refractivity contribution in [1.29, 1.82) is 0 Å². The highest BCUT2D eigenvalue weighted by Gasteiger charge is 2.28. The lowest BCUT2D eigenvalue weighted by atomic mass is 9.89. The van der Waals surface area contributed by atoms with Gasteiger partial charge in [-0.25, -0.2) is 0 Å². The lowest BCUT2D eigenvalue weighted by molar-refractivity contribution is 0.0408. The van der Waals surface area contributed by atoms with Gasteiger partial charge in [0, 0.05) is 13.1 Å². The SMILES string of the molecule is CC1(CNCC2OCCc3ccccc32)CCCC1. The molecule has 1 aliphatic carbocycles. The summed E-state index contributed by atoms with van der Waals surface area (Å²) in [6.45, 7) is 5.37. The molecule has 1 unspecified atom stereocenters. The van der Waals surface area contributed by atoms with Crippen molar-refractivity contribution >= 4 is 0 Å². The molecule has 104 valence electrons. The van der Waals surface area contributed by atoms with Crippen molar-refractivity contribution in [2.75, 3.05) is 19.7 Å². The van der Waals surface area contributed by atoms with E-state index in [4.69, 9.17) is 4.74 Å². The molecule has 1 heterocycles. The Morgan fingerprint density at radius 2 is 2.05 bits per heavy atom. The van der Waals surface area contributed by atoms with Gasteiger partial charge < -0.3 is 10.1 Å². The predicted molar refractivity (Wildman–Crippen MR) is 78.3 cm³/mol. The first-order valence-corrected chi connectivity index (χ1v) is 7.67. The summed E-state index contributed by atoms with van der Waals surface area (Å²) < 4.78 is 5.94. The quantitative estimate of drug-likeness (QED) is 0.894. The van der Waals surface area contributed by atoms with Crippen LogP contribution in [0.15, 0.2) is 24.3 Å². The zero-order valence-corrected chi connectivity index (χ0v) is 12.0. The standard InChI is InChI=1S/C17H25NO/c1-17(9-4-5-10-17)13-18-12-16-15-7-3-2-6-14(15)8-11-19-16/h2-3,6-7,16,18H,4-5,8-13H2,1H3. The van der Waals surface area contributed by atoms with Crippen molar-refractivity contribution in [3.63, 3.8) is 0 Å². The van der Waals surface area contributed by atoms with E-state index in [-0.39, 0.29) is 6.10 Å². The highest BCUT2D eigenvalue weighted by molar-refractivity contribution is 5.31. The van der Waals surface area contributed by atoms with Crippen molar-refractivity contribution in [2.45, 2.75) is 45.1 Å². The highest BCUT2D eigenvalue weighted by atomic mass is 16.5. The Morgan fingerprint density at radius 1 is 1.26 bits per heavy atom. The maximum atomic E-state index is 5.94. The Bertz CT molecular complexity index is 423. The minimum atomic E-state index is 0.245. The Kier molecular flexibility index (Phi) is 3.90. The highest BCUT2D eigenvalue weighted by Crippen LogP contribution is 2.36. The lowest BCUT2D eigenvalue weighted by Crippen LogP contribution is -2.34. The van der Waals surface area contributed by atoms with Gasteiger partial charge >= 0.3 is 0 Å². The van der Waals surface area contributed by atoms with Crippen LogP contribution in [0.3, 0.4) is 0 Å². The Hall–Kier alpha value is -0.860. The van der Waals surface area contributed by atoms with Crippen molar-refractivity contribution in [3.05, 3.63) is 35.4 Å². The van der Waals surface area contributed by atoms with Crippen LogP contribution >= 0.6 is 0 Å². The van der Waals surface area contributed by atoms with Crippen molar-refractivity contribution in [3.8, 4) is 0 Å². The van der Waals surface area contributed by atoms with E-state index in [1.54, 1.807) is 0 Å². The average Bonchev–Trinajstić information content (AvgIpc) is 2.86. The van der Waals surface area contributed by atoms with Crippen LogP contribution < -0.4 is 5.32 Å². The Labute approximate surface area is 116 Å². The van der Waals surface area contributed by atoms with E-state index in [1.165, 1.54) is 36.8 Å². The van der Waals surface area contributed by atoms with Gasteiger partial charge in [0.1, 0.15) is 0 Å². The molecule has 1 saturated carbocycles. The van der Waals surface area contributed by atoms with Gasteiger partial charge in [0.25, 0.3) is 0 Å². The van der Waals surface area contributed by atoms with Gasteiger partial charge in [-0.15, -0.1) is 0 Å². The van der Waals surface area contributed by atoms with Crippen LogP contribution in [0.4, 0.5) is 0 Å². The smallest absolute Gasteiger partial charge is 0.0952 e. The summed E-state index contributed by atoms with van der Waals surface area (Å²) in [5.74, 6) is 0. The van der Waals surface area contributed by atoms with Gasteiger partial charge in [-0.1, -0.05) is 44.0 Å². The molecule has 1 fully saturated rings. The minimum absolute atomic E-state index is 0.245. The summed E-state index contributed by atoms with van der Waals surface area (Å²) in [6.07, 6.45) is 6.87. The van der Waals surface area contributed by atoms with E-state index in [2.05, 4.69) is 36.5 Å². The second kappa shape index (κ2) is 5.64. The summed E-state index contributed by atoms with van der Waals surface area (Å²) in [6, 6.07) is 8.72. The summed E-state index contributed by atoms with van der Waals surface area (Å²) in [5, 5.41) is 3.65. The summed E-state index contributed by atoms with van der Waals surface area (Å²) in [5.41, 5.74) is 3.37. The van der Waals surface area contributed by atoms with Gasteiger partial charge in [0.15, 0.2) is 0 Å². The average molecular weight is 259 g/mol. The molecule has 2 aliphatic rings. The molecule has 2 nitrogen and oxygen atoms in total. The van der Waals surface area contributed by atoms with Crippen molar-refractivity contribution in [2.24, 2.45) is 5.41 Å². The maximum Gasteiger partial charge on any atom is 0.0952 e. The monoisotopic (exact) mass is 259 g/mol. The maximum absolute atomic E-state index is 5.94. The molecule has 0 aromatic heterocycles. The third-order valence-electron chi connectivity index (χ3n) is 4.78. The van der Waals surface area contributed by atoms with Gasteiger partial charge in [-0.2, -0.15) is 0 Å². The van der Waals surface area contributed by atoms with E-state index in [0.29, 0.717) is 5.41 Å². The van der Waals surface area contributed by atoms with E-state index in [1.807, 2.05) is 0 Å². The molecule has 1 aromatic rings. The van der Waals surface area contributed by atoms with E-state index in [0.717, 1.165) is 26.1 Å². The third kappa shape index (κ3) is 3.01. The molecule has 0 radical (unpaired) electrons. The molecule has 0 bridgehead atoms. The Morgan fingerprint density at radius 3 is 2.89 bits per heavy atom. The second-order valence-electron chi connectivity index (χ2n) is 6.46. The normalized spacial score (nSPS) is 25.2. The number of ether oxygens (including phenoxy) is 1. The largest absolute Gasteiger partial charge is 0.372 e. The number of rotatable bonds is 4. The third-order valence-corrected chi connectivity index (χ3v) is 4.78.